The number of nitrogens with one attached hydrogen (secondary N) is 2. The highest BCUT2D eigenvalue weighted by molar-refractivity contribution is 7.89. The largest absolute Gasteiger partial charge is 0.325 e. The van der Waals surface area contributed by atoms with Gasteiger partial charge in [0.05, 0.1) is 16.7 Å². The molecule has 1 heterocycles. The summed E-state index contributed by atoms with van der Waals surface area (Å²) in [5.74, 6) is -1.44. The maximum atomic E-state index is 13.8. The molecular weight excluding hydrogens is 401 g/mol. The molecule has 3 aromatic rings. The SMILES string of the molecule is Cc1nc(-c2cccc(NC(=O)[C@H](C)NS(=O)(=O)c3ccccc3F)c2)cs1. The van der Waals surface area contributed by atoms with Crippen molar-refractivity contribution < 1.29 is 17.6 Å². The molecule has 0 bridgehead atoms. The molecule has 0 spiro atoms. The Balaban J connectivity index is 1.72. The number of anilines is 1. The molecule has 2 aromatic carbocycles. The van der Waals surface area contributed by atoms with Gasteiger partial charge in [0, 0.05) is 16.6 Å². The number of benzene rings is 2. The smallest absolute Gasteiger partial charge is 0.244 e. The maximum absolute atomic E-state index is 13.8. The summed E-state index contributed by atoms with van der Waals surface area (Å²) in [5.41, 5.74) is 2.14. The monoisotopic (exact) mass is 419 g/mol. The average molecular weight is 420 g/mol. The number of aromatic nitrogens is 1. The normalized spacial score (nSPS) is 12.5. The Hall–Kier alpha value is -2.62. The number of hydrogen-bond acceptors (Lipinski definition) is 5. The van der Waals surface area contributed by atoms with Gasteiger partial charge < -0.3 is 5.32 Å². The van der Waals surface area contributed by atoms with Crippen LogP contribution in [0.4, 0.5) is 10.1 Å². The third kappa shape index (κ3) is 4.61. The van der Waals surface area contributed by atoms with Crippen molar-refractivity contribution in [2.24, 2.45) is 0 Å². The predicted octanol–water partition coefficient (Wildman–Crippen LogP) is 3.56. The van der Waals surface area contributed by atoms with Crippen LogP contribution < -0.4 is 10.0 Å². The van der Waals surface area contributed by atoms with Crippen LogP contribution in [-0.2, 0) is 14.8 Å². The molecule has 1 amide bonds. The summed E-state index contributed by atoms with van der Waals surface area (Å²) in [6.45, 7) is 3.30. The van der Waals surface area contributed by atoms with E-state index in [0.29, 0.717) is 5.69 Å². The van der Waals surface area contributed by atoms with Crippen molar-refractivity contribution in [3.63, 3.8) is 0 Å². The van der Waals surface area contributed by atoms with E-state index in [4.69, 9.17) is 0 Å². The van der Waals surface area contributed by atoms with Gasteiger partial charge in [0.2, 0.25) is 15.9 Å². The second-order valence-corrected chi connectivity index (χ2v) is 8.84. The quantitative estimate of drug-likeness (QED) is 0.639. The minimum atomic E-state index is -4.17. The van der Waals surface area contributed by atoms with Crippen molar-refractivity contribution in [1.82, 2.24) is 9.71 Å². The zero-order chi connectivity index (χ0) is 20.3. The van der Waals surface area contributed by atoms with Gasteiger partial charge in [0.1, 0.15) is 10.7 Å². The number of aryl methyl sites for hydroxylation is 1. The van der Waals surface area contributed by atoms with E-state index >= 15 is 0 Å². The molecule has 0 aliphatic carbocycles. The predicted molar refractivity (Wildman–Crippen MR) is 107 cm³/mol. The Bertz CT molecular complexity index is 1110. The molecule has 28 heavy (non-hydrogen) atoms. The van der Waals surface area contributed by atoms with Crippen molar-refractivity contribution >= 4 is 33.0 Å². The van der Waals surface area contributed by atoms with Crippen LogP contribution in [0.2, 0.25) is 0 Å². The molecular formula is C19H18FN3O3S2. The average Bonchev–Trinajstić information content (AvgIpc) is 3.08. The first kappa shape index (κ1) is 20.1. The molecule has 0 radical (unpaired) electrons. The minimum absolute atomic E-state index is 0.504. The number of amides is 1. The van der Waals surface area contributed by atoms with Crippen LogP contribution in [-0.4, -0.2) is 25.4 Å². The minimum Gasteiger partial charge on any atom is -0.325 e. The Labute approximate surface area is 166 Å². The first-order chi connectivity index (χ1) is 13.3. The third-order valence-corrected chi connectivity index (χ3v) is 6.24. The Kier molecular flexibility index (Phi) is 5.87. The fourth-order valence-electron chi connectivity index (χ4n) is 2.52. The van der Waals surface area contributed by atoms with Gasteiger partial charge in [-0.25, -0.2) is 17.8 Å². The van der Waals surface area contributed by atoms with Crippen LogP contribution in [0.5, 0.6) is 0 Å². The van der Waals surface area contributed by atoms with Gasteiger partial charge in [-0.1, -0.05) is 24.3 Å². The van der Waals surface area contributed by atoms with Crippen molar-refractivity contribution in [3.05, 3.63) is 64.7 Å². The molecule has 9 heteroatoms. The number of nitrogens with zero attached hydrogens (tertiary/aromatic N) is 1. The molecule has 146 valence electrons. The fraction of sp³-hybridized carbons (Fsp3) is 0.158. The van der Waals surface area contributed by atoms with E-state index in [0.717, 1.165) is 28.4 Å². The number of thiazole rings is 1. The van der Waals surface area contributed by atoms with Crippen molar-refractivity contribution in [2.75, 3.05) is 5.32 Å². The molecule has 0 aliphatic heterocycles. The van der Waals surface area contributed by atoms with Gasteiger partial charge >= 0.3 is 0 Å². The van der Waals surface area contributed by atoms with Gasteiger partial charge in [0.15, 0.2) is 0 Å². The summed E-state index contributed by atoms with van der Waals surface area (Å²) in [5, 5.41) is 5.51. The molecule has 6 nitrogen and oxygen atoms in total. The van der Waals surface area contributed by atoms with Gasteiger partial charge in [-0.15, -0.1) is 11.3 Å². The number of hydrogen-bond donors (Lipinski definition) is 2. The van der Waals surface area contributed by atoms with E-state index in [1.165, 1.54) is 30.4 Å². The summed E-state index contributed by atoms with van der Waals surface area (Å²) in [7, 11) is -4.17. The number of halogens is 1. The van der Waals surface area contributed by atoms with Crippen molar-refractivity contribution in [3.8, 4) is 11.3 Å². The summed E-state index contributed by atoms with van der Waals surface area (Å²) < 4.78 is 40.6. The van der Waals surface area contributed by atoms with Gasteiger partial charge in [-0.05, 0) is 38.1 Å². The number of sulfonamides is 1. The maximum Gasteiger partial charge on any atom is 0.244 e. The Morgan fingerprint density at radius 2 is 1.93 bits per heavy atom. The van der Waals surface area contributed by atoms with Crippen LogP contribution in [0.15, 0.2) is 58.8 Å². The van der Waals surface area contributed by atoms with E-state index in [2.05, 4.69) is 15.0 Å². The van der Waals surface area contributed by atoms with Crippen LogP contribution in [0, 0.1) is 12.7 Å². The molecule has 1 atom stereocenters. The number of carbonyl (C=O) groups excluding carboxylic acids is 1. The zero-order valence-corrected chi connectivity index (χ0v) is 16.8. The first-order valence-corrected chi connectivity index (χ1v) is 10.7. The van der Waals surface area contributed by atoms with Crippen LogP contribution >= 0.6 is 11.3 Å². The van der Waals surface area contributed by atoms with Crippen LogP contribution in [0.3, 0.4) is 0 Å². The van der Waals surface area contributed by atoms with E-state index in [1.54, 1.807) is 18.2 Å². The van der Waals surface area contributed by atoms with E-state index in [9.17, 15) is 17.6 Å². The highest BCUT2D eigenvalue weighted by atomic mass is 32.2. The third-order valence-electron chi connectivity index (χ3n) is 3.90. The van der Waals surface area contributed by atoms with Gasteiger partial charge in [0.25, 0.3) is 0 Å². The van der Waals surface area contributed by atoms with Gasteiger partial charge in [-0.3, -0.25) is 4.79 Å². The lowest BCUT2D eigenvalue weighted by molar-refractivity contribution is -0.117. The molecule has 2 N–H and O–H groups in total. The van der Waals surface area contributed by atoms with E-state index < -0.39 is 32.7 Å². The lowest BCUT2D eigenvalue weighted by Crippen LogP contribution is -2.41. The highest BCUT2D eigenvalue weighted by Crippen LogP contribution is 2.24. The topological polar surface area (TPSA) is 88.2 Å². The Morgan fingerprint density at radius 1 is 1.18 bits per heavy atom. The van der Waals surface area contributed by atoms with Crippen molar-refractivity contribution in [2.45, 2.75) is 24.8 Å². The van der Waals surface area contributed by atoms with Crippen LogP contribution in [0.1, 0.15) is 11.9 Å². The van der Waals surface area contributed by atoms with Crippen molar-refractivity contribution in [1.29, 1.82) is 0 Å². The molecule has 0 fully saturated rings. The standard InChI is InChI=1S/C19H18FN3O3S2/c1-12(23-28(25,26)18-9-4-3-8-16(18)20)19(24)22-15-7-5-6-14(10-15)17-11-27-13(2)21-17/h3-12,23H,1-2H3,(H,22,24)/t12-/m0/s1. The highest BCUT2D eigenvalue weighted by Gasteiger charge is 2.24. The lowest BCUT2D eigenvalue weighted by Gasteiger charge is -2.15. The first-order valence-electron chi connectivity index (χ1n) is 8.36. The second-order valence-electron chi connectivity index (χ2n) is 6.10. The molecule has 0 saturated carbocycles. The molecule has 0 unspecified atom stereocenters. The molecule has 1 aromatic heterocycles. The molecule has 0 saturated heterocycles. The van der Waals surface area contributed by atoms with Gasteiger partial charge in [-0.2, -0.15) is 4.72 Å². The van der Waals surface area contributed by atoms with E-state index in [1.807, 2.05) is 18.4 Å². The lowest BCUT2D eigenvalue weighted by atomic mass is 10.1. The number of rotatable bonds is 6. The summed E-state index contributed by atoms with van der Waals surface area (Å²) in [4.78, 5) is 16.3. The molecule has 0 aliphatic rings. The summed E-state index contributed by atoms with van der Waals surface area (Å²) in [6, 6.07) is 11.0. The Morgan fingerprint density at radius 3 is 2.61 bits per heavy atom. The summed E-state index contributed by atoms with van der Waals surface area (Å²) in [6.07, 6.45) is 0. The summed E-state index contributed by atoms with van der Waals surface area (Å²) >= 11 is 1.52. The zero-order valence-electron chi connectivity index (χ0n) is 15.1. The second kappa shape index (κ2) is 8.17. The van der Waals surface area contributed by atoms with E-state index in [-0.39, 0.29) is 0 Å². The number of carbonyl (C=O) groups is 1. The fourth-order valence-corrected chi connectivity index (χ4v) is 4.42. The van der Waals surface area contributed by atoms with Crippen LogP contribution in [0.25, 0.3) is 11.3 Å². The molecule has 3 rings (SSSR count).